The highest BCUT2D eigenvalue weighted by atomic mass is 16.4. The topological polar surface area (TPSA) is 126 Å². The first-order chi connectivity index (χ1) is 10.8. The van der Waals surface area contributed by atoms with E-state index in [1.54, 1.807) is 19.1 Å². The fourth-order valence-corrected chi connectivity index (χ4v) is 2.02. The molecule has 0 unspecified atom stereocenters. The zero-order valence-electron chi connectivity index (χ0n) is 12.6. The minimum Gasteiger partial charge on any atom is -0.493 e. The van der Waals surface area contributed by atoms with Gasteiger partial charge in [0.2, 0.25) is 11.6 Å². The Hall–Kier alpha value is -3.23. The summed E-state index contributed by atoms with van der Waals surface area (Å²) < 4.78 is 1.60. The van der Waals surface area contributed by atoms with Gasteiger partial charge in [0.1, 0.15) is 5.69 Å². The van der Waals surface area contributed by atoms with E-state index >= 15 is 0 Å². The first-order valence-corrected chi connectivity index (χ1v) is 6.49. The molecule has 0 atom stereocenters. The second-order valence-electron chi connectivity index (χ2n) is 4.85. The van der Waals surface area contributed by atoms with Gasteiger partial charge in [0.25, 0.3) is 5.56 Å². The Morgan fingerprint density at radius 2 is 1.78 bits per heavy atom. The second-order valence-corrected chi connectivity index (χ2v) is 4.85. The number of aromatic nitrogens is 2. The van der Waals surface area contributed by atoms with Crippen molar-refractivity contribution in [3.05, 3.63) is 50.2 Å². The van der Waals surface area contributed by atoms with Gasteiger partial charge in [-0.3, -0.25) is 13.9 Å². The third-order valence-electron chi connectivity index (χ3n) is 3.33. The summed E-state index contributed by atoms with van der Waals surface area (Å²) >= 11 is 0. The van der Waals surface area contributed by atoms with Crippen LogP contribution in [0.1, 0.15) is 15.9 Å². The number of carboxylic acids is 1. The molecule has 0 aliphatic carbocycles. The van der Waals surface area contributed by atoms with Crippen molar-refractivity contribution >= 4 is 17.3 Å². The lowest BCUT2D eigenvalue weighted by atomic mass is 10.1. The Bertz CT molecular complexity index is 939. The van der Waals surface area contributed by atoms with Crippen molar-refractivity contribution in [2.45, 2.75) is 6.92 Å². The van der Waals surface area contributed by atoms with Gasteiger partial charge in [-0.15, -0.1) is 10.2 Å². The molecule has 0 radical (unpaired) electrons. The van der Waals surface area contributed by atoms with Crippen molar-refractivity contribution in [1.29, 1.82) is 0 Å². The van der Waals surface area contributed by atoms with E-state index in [1.165, 1.54) is 20.2 Å². The van der Waals surface area contributed by atoms with Crippen LogP contribution in [0.5, 0.6) is 5.88 Å². The Labute approximate surface area is 129 Å². The molecular weight excluding hydrogens is 304 g/mol. The third kappa shape index (κ3) is 2.76. The number of rotatable bonds is 3. The fourth-order valence-electron chi connectivity index (χ4n) is 2.02. The lowest BCUT2D eigenvalue weighted by Gasteiger charge is -2.07. The minimum absolute atomic E-state index is 0.0350. The average molecular weight is 318 g/mol. The van der Waals surface area contributed by atoms with Crippen LogP contribution >= 0.6 is 0 Å². The summed E-state index contributed by atoms with van der Waals surface area (Å²) in [7, 11) is 2.50. The molecule has 0 spiro atoms. The van der Waals surface area contributed by atoms with Gasteiger partial charge in [-0.2, -0.15) is 0 Å². The van der Waals surface area contributed by atoms with Crippen molar-refractivity contribution in [3.8, 4) is 5.88 Å². The molecule has 9 nitrogen and oxygen atoms in total. The van der Waals surface area contributed by atoms with E-state index in [4.69, 9.17) is 0 Å². The molecule has 1 heterocycles. The molecule has 1 aromatic heterocycles. The lowest BCUT2D eigenvalue weighted by Crippen LogP contribution is -2.36. The molecule has 120 valence electrons. The van der Waals surface area contributed by atoms with Crippen LogP contribution < -0.4 is 11.2 Å². The van der Waals surface area contributed by atoms with Crippen molar-refractivity contribution in [3.63, 3.8) is 0 Å². The van der Waals surface area contributed by atoms with Gasteiger partial charge in [-0.25, -0.2) is 9.59 Å². The van der Waals surface area contributed by atoms with Gasteiger partial charge in [0.05, 0.1) is 5.56 Å². The summed E-state index contributed by atoms with van der Waals surface area (Å²) in [4.78, 5) is 34.9. The van der Waals surface area contributed by atoms with E-state index in [1.807, 2.05) is 0 Å². The molecule has 0 bridgehead atoms. The SMILES string of the molecule is Cc1cccc(N=Nc2c(O)n(C)c(=O)n(C)c2=O)c1C(=O)O. The van der Waals surface area contributed by atoms with E-state index in [9.17, 15) is 24.6 Å². The van der Waals surface area contributed by atoms with Crippen LogP contribution in [0, 0.1) is 6.92 Å². The minimum atomic E-state index is -1.19. The molecular formula is C14H14N4O5. The number of nitrogens with zero attached hydrogens (tertiary/aromatic N) is 4. The van der Waals surface area contributed by atoms with Crippen LogP contribution in [0.15, 0.2) is 38.0 Å². The maximum absolute atomic E-state index is 12.0. The average Bonchev–Trinajstić information content (AvgIpc) is 2.50. The molecule has 9 heteroatoms. The normalized spacial score (nSPS) is 11.1. The molecule has 2 rings (SSSR count). The summed E-state index contributed by atoms with van der Waals surface area (Å²) in [6.45, 7) is 1.60. The standard InChI is InChI=1S/C14H14N4O5/c1-7-5-4-6-8(9(7)13(21)22)15-16-10-11(19)17(2)14(23)18(3)12(10)20/h4-6,19H,1-3H3,(H,21,22). The highest BCUT2D eigenvalue weighted by Gasteiger charge is 2.16. The molecule has 0 saturated heterocycles. The quantitative estimate of drug-likeness (QED) is 0.822. The van der Waals surface area contributed by atoms with Crippen molar-refractivity contribution in [2.24, 2.45) is 24.3 Å². The van der Waals surface area contributed by atoms with Gasteiger partial charge < -0.3 is 10.2 Å². The number of benzene rings is 1. The first kappa shape index (κ1) is 16.1. The van der Waals surface area contributed by atoms with E-state index in [0.717, 1.165) is 9.13 Å². The maximum atomic E-state index is 12.0. The number of carbonyl (C=O) groups is 1. The number of carboxylic acid groups (broad SMARTS) is 1. The third-order valence-corrected chi connectivity index (χ3v) is 3.33. The molecule has 2 N–H and O–H groups in total. The number of azo groups is 1. The molecule has 23 heavy (non-hydrogen) atoms. The molecule has 0 fully saturated rings. The Kier molecular flexibility index (Phi) is 4.12. The smallest absolute Gasteiger partial charge is 0.338 e. The van der Waals surface area contributed by atoms with Crippen LogP contribution in [0.2, 0.25) is 0 Å². The van der Waals surface area contributed by atoms with Crippen LogP contribution in [0.3, 0.4) is 0 Å². The summed E-state index contributed by atoms with van der Waals surface area (Å²) in [6, 6.07) is 4.61. The molecule has 2 aromatic rings. The lowest BCUT2D eigenvalue weighted by molar-refractivity contribution is 0.0697. The van der Waals surface area contributed by atoms with Crippen LogP contribution in [0.25, 0.3) is 0 Å². The molecule has 1 aromatic carbocycles. The van der Waals surface area contributed by atoms with Crippen LogP contribution in [-0.2, 0) is 14.1 Å². The van der Waals surface area contributed by atoms with Gasteiger partial charge in [0.15, 0.2) is 0 Å². The summed E-state index contributed by atoms with van der Waals surface area (Å²) in [6.07, 6.45) is 0. The van der Waals surface area contributed by atoms with E-state index in [0.29, 0.717) is 5.56 Å². The van der Waals surface area contributed by atoms with Crippen molar-refractivity contribution in [2.75, 3.05) is 0 Å². The van der Waals surface area contributed by atoms with E-state index in [-0.39, 0.29) is 11.3 Å². The van der Waals surface area contributed by atoms with Crippen LogP contribution in [0.4, 0.5) is 11.4 Å². The highest BCUT2D eigenvalue weighted by Crippen LogP contribution is 2.26. The number of aromatic hydroxyl groups is 1. The second kappa shape index (κ2) is 5.87. The molecule has 0 saturated carbocycles. The van der Waals surface area contributed by atoms with E-state index in [2.05, 4.69) is 10.2 Å². The largest absolute Gasteiger partial charge is 0.493 e. The zero-order chi connectivity index (χ0) is 17.3. The summed E-state index contributed by atoms with van der Waals surface area (Å²) in [5.74, 6) is -1.83. The number of aromatic carboxylic acids is 1. The van der Waals surface area contributed by atoms with Crippen LogP contribution in [-0.4, -0.2) is 25.3 Å². The van der Waals surface area contributed by atoms with Crippen molar-refractivity contribution in [1.82, 2.24) is 9.13 Å². The van der Waals surface area contributed by atoms with Gasteiger partial charge in [0, 0.05) is 14.1 Å². The number of aryl methyl sites for hydroxylation is 1. The maximum Gasteiger partial charge on any atom is 0.338 e. The monoisotopic (exact) mass is 318 g/mol. The predicted molar refractivity (Wildman–Crippen MR) is 80.9 cm³/mol. The van der Waals surface area contributed by atoms with Gasteiger partial charge in [-0.1, -0.05) is 12.1 Å². The van der Waals surface area contributed by atoms with Gasteiger partial charge >= 0.3 is 11.7 Å². The summed E-state index contributed by atoms with van der Waals surface area (Å²) in [5, 5.41) is 26.5. The highest BCUT2D eigenvalue weighted by molar-refractivity contribution is 5.94. The zero-order valence-corrected chi connectivity index (χ0v) is 12.6. The molecule has 0 amide bonds. The van der Waals surface area contributed by atoms with Gasteiger partial charge in [-0.05, 0) is 18.6 Å². The summed E-state index contributed by atoms with van der Waals surface area (Å²) in [5.41, 5.74) is -1.55. The van der Waals surface area contributed by atoms with Crippen molar-refractivity contribution < 1.29 is 15.0 Å². The Morgan fingerprint density at radius 3 is 2.39 bits per heavy atom. The van der Waals surface area contributed by atoms with E-state index < -0.39 is 28.8 Å². The Morgan fingerprint density at radius 1 is 1.13 bits per heavy atom. The Balaban J connectivity index is 2.64. The molecule has 0 aliphatic rings. The first-order valence-electron chi connectivity index (χ1n) is 6.49. The number of hydrogen-bond acceptors (Lipinski definition) is 6. The molecule has 0 aliphatic heterocycles. The number of hydrogen-bond donors (Lipinski definition) is 2. The fraction of sp³-hybridized carbons (Fsp3) is 0.214. The predicted octanol–water partition coefficient (Wildman–Crippen LogP) is 1.21.